The van der Waals surface area contributed by atoms with Gasteiger partial charge in [-0.3, -0.25) is 0 Å². The molecule has 0 saturated carbocycles. The molecule has 0 radical (unpaired) electrons. The summed E-state index contributed by atoms with van der Waals surface area (Å²) in [6, 6.07) is 19.2. The van der Waals surface area contributed by atoms with Crippen LogP contribution >= 0.6 is 0 Å². The van der Waals surface area contributed by atoms with Crippen molar-refractivity contribution in [1.82, 2.24) is 4.90 Å². The van der Waals surface area contributed by atoms with Gasteiger partial charge in [0.25, 0.3) is 0 Å². The third-order valence-corrected chi connectivity index (χ3v) is 6.22. The fraction of sp³-hybridized carbons (Fsp3) is 0.520. The van der Waals surface area contributed by atoms with E-state index in [-0.39, 0.29) is 0 Å². The van der Waals surface area contributed by atoms with Gasteiger partial charge in [-0.05, 0) is 69.5 Å². The van der Waals surface area contributed by atoms with E-state index >= 15 is 0 Å². The summed E-state index contributed by atoms with van der Waals surface area (Å²) in [5, 5.41) is 0. The minimum absolute atomic E-state index is 0.581. The summed E-state index contributed by atoms with van der Waals surface area (Å²) < 4.78 is 0. The van der Waals surface area contributed by atoms with E-state index in [1.54, 1.807) is 0 Å². The number of anilines is 1. The molecule has 3 rings (SSSR count). The number of nitrogens with zero attached hydrogens (tertiary/aromatic N) is 2. The average Bonchev–Trinajstić information content (AvgIpc) is 3.09. The Morgan fingerprint density at radius 3 is 2.15 bits per heavy atom. The summed E-state index contributed by atoms with van der Waals surface area (Å²) in [5.41, 5.74) is 5.89. The number of rotatable bonds is 9. The first-order valence-electron chi connectivity index (χ1n) is 10.7. The molecule has 0 N–H and O–H groups in total. The van der Waals surface area contributed by atoms with Crippen LogP contribution in [0.1, 0.15) is 49.3 Å². The van der Waals surface area contributed by atoms with Gasteiger partial charge in [0.15, 0.2) is 0 Å². The van der Waals surface area contributed by atoms with Gasteiger partial charge in [0, 0.05) is 24.3 Å². The lowest BCUT2D eigenvalue weighted by atomic mass is 10.0. The number of unbranched alkanes of at least 4 members (excludes halogenated alkanes) is 1. The van der Waals surface area contributed by atoms with Crippen LogP contribution < -0.4 is 4.90 Å². The van der Waals surface area contributed by atoms with Gasteiger partial charge in [-0.15, -0.1) is 0 Å². The van der Waals surface area contributed by atoms with Crippen molar-refractivity contribution in [3.8, 4) is 0 Å². The van der Waals surface area contributed by atoms with Crippen molar-refractivity contribution in [3.63, 3.8) is 0 Å². The minimum atomic E-state index is 0.581. The molecule has 2 aromatic carbocycles. The lowest BCUT2D eigenvalue weighted by molar-refractivity contribution is 0.259. The molecule has 1 aliphatic carbocycles. The summed E-state index contributed by atoms with van der Waals surface area (Å²) >= 11 is 0. The highest BCUT2D eigenvalue weighted by atomic mass is 15.2. The van der Waals surface area contributed by atoms with Gasteiger partial charge in [0.05, 0.1) is 0 Å². The standard InChI is InChI=1S/C25H36N2/c1-5-6-14-23(26(3)4)16-17-27(25-15-10-7-11-20(25)2)24-18-21-12-8-9-13-22(21)19-24/h7-13,15,23-24H,5-6,14,16-19H2,1-4H3. The predicted octanol–water partition coefficient (Wildman–Crippen LogP) is 5.48. The summed E-state index contributed by atoms with van der Waals surface area (Å²) in [6.07, 6.45) is 7.48. The Labute approximate surface area is 166 Å². The summed E-state index contributed by atoms with van der Waals surface area (Å²) in [4.78, 5) is 5.13. The first kappa shape index (κ1) is 19.9. The van der Waals surface area contributed by atoms with Crippen LogP contribution in [0.2, 0.25) is 0 Å². The molecular weight excluding hydrogens is 328 g/mol. The van der Waals surface area contributed by atoms with Crippen LogP contribution in [0.5, 0.6) is 0 Å². The average molecular weight is 365 g/mol. The topological polar surface area (TPSA) is 6.48 Å². The quantitative estimate of drug-likeness (QED) is 0.581. The van der Waals surface area contributed by atoms with E-state index in [1.165, 1.54) is 60.9 Å². The Morgan fingerprint density at radius 2 is 1.56 bits per heavy atom. The maximum Gasteiger partial charge on any atom is 0.0398 e. The van der Waals surface area contributed by atoms with Crippen LogP contribution in [0.25, 0.3) is 0 Å². The van der Waals surface area contributed by atoms with E-state index in [4.69, 9.17) is 0 Å². The highest BCUT2D eigenvalue weighted by Crippen LogP contribution is 2.31. The zero-order valence-corrected chi connectivity index (χ0v) is 17.6. The Balaban J connectivity index is 1.78. The largest absolute Gasteiger partial charge is 0.368 e. The molecule has 1 unspecified atom stereocenters. The lowest BCUT2D eigenvalue weighted by Gasteiger charge is -2.35. The normalized spacial score (nSPS) is 15.1. The molecule has 146 valence electrons. The Morgan fingerprint density at radius 1 is 0.926 bits per heavy atom. The van der Waals surface area contributed by atoms with Crippen LogP contribution in [0.3, 0.4) is 0 Å². The molecule has 1 aliphatic rings. The Bertz CT molecular complexity index is 697. The van der Waals surface area contributed by atoms with E-state index < -0.39 is 0 Å². The predicted molar refractivity (Wildman–Crippen MR) is 118 cm³/mol. The van der Waals surface area contributed by atoms with E-state index in [0.717, 1.165) is 6.54 Å². The van der Waals surface area contributed by atoms with Crippen molar-refractivity contribution in [2.75, 3.05) is 25.5 Å². The number of aryl methyl sites for hydroxylation is 1. The van der Waals surface area contributed by atoms with Crippen molar-refractivity contribution in [2.24, 2.45) is 0 Å². The van der Waals surface area contributed by atoms with Crippen molar-refractivity contribution >= 4 is 5.69 Å². The molecule has 0 fully saturated rings. The fourth-order valence-corrected chi connectivity index (χ4v) is 4.53. The zero-order chi connectivity index (χ0) is 19.2. The number of hydrogen-bond acceptors (Lipinski definition) is 2. The van der Waals surface area contributed by atoms with Crippen molar-refractivity contribution < 1.29 is 0 Å². The van der Waals surface area contributed by atoms with Crippen LogP contribution in [-0.2, 0) is 12.8 Å². The molecule has 0 aliphatic heterocycles. The molecule has 0 amide bonds. The highest BCUT2D eigenvalue weighted by molar-refractivity contribution is 5.55. The molecule has 0 spiro atoms. The van der Waals surface area contributed by atoms with Crippen LogP contribution in [0.4, 0.5) is 5.69 Å². The smallest absolute Gasteiger partial charge is 0.0398 e. The second-order valence-electron chi connectivity index (χ2n) is 8.36. The molecule has 0 heterocycles. The Hall–Kier alpha value is -1.80. The second kappa shape index (κ2) is 9.41. The van der Waals surface area contributed by atoms with E-state index in [9.17, 15) is 0 Å². The van der Waals surface area contributed by atoms with Gasteiger partial charge >= 0.3 is 0 Å². The van der Waals surface area contributed by atoms with E-state index in [2.05, 4.69) is 86.3 Å². The molecule has 0 saturated heterocycles. The van der Waals surface area contributed by atoms with E-state index in [1.807, 2.05) is 0 Å². The van der Waals surface area contributed by atoms with Gasteiger partial charge in [0.1, 0.15) is 0 Å². The minimum Gasteiger partial charge on any atom is -0.368 e. The van der Waals surface area contributed by atoms with Crippen molar-refractivity contribution in [1.29, 1.82) is 0 Å². The molecular formula is C25H36N2. The van der Waals surface area contributed by atoms with Gasteiger partial charge in [-0.25, -0.2) is 0 Å². The van der Waals surface area contributed by atoms with Gasteiger partial charge in [-0.2, -0.15) is 0 Å². The third kappa shape index (κ3) is 4.93. The molecule has 2 heteroatoms. The molecule has 0 aromatic heterocycles. The van der Waals surface area contributed by atoms with Gasteiger partial charge in [0.2, 0.25) is 0 Å². The monoisotopic (exact) mass is 364 g/mol. The molecule has 0 bridgehead atoms. The lowest BCUT2D eigenvalue weighted by Crippen LogP contribution is -2.40. The fourth-order valence-electron chi connectivity index (χ4n) is 4.53. The van der Waals surface area contributed by atoms with Crippen molar-refractivity contribution in [3.05, 3.63) is 65.2 Å². The van der Waals surface area contributed by atoms with Crippen molar-refractivity contribution in [2.45, 2.75) is 64.5 Å². The first-order chi connectivity index (χ1) is 13.1. The van der Waals surface area contributed by atoms with E-state index in [0.29, 0.717) is 12.1 Å². The summed E-state index contributed by atoms with van der Waals surface area (Å²) in [5.74, 6) is 0. The molecule has 1 atom stereocenters. The van der Waals surface area contributed by atoms with Crippen LogP contribution in [-0.4, -0.2) is 37.6 Å². The number of benzene rings is 2. The maximum absolute atomic E-state index is 2.71. The van der Waals surface area contributed by atoms with Gasteiger partial charge in [-0.1, -0.05) is 62.2 Å². The zero-order valence-electron chi connectivity index (χ0n) is 17.6. The SMILES string of the molecule is CCCCC(CCN(c1ccccc1C)C1Cc2ccccc2C1)N(C)C. The Kier molecular flexibility index (Phi) is 6.95. The summed E-state index contributed by atoms with van der Waals surface area (Å²) in [7, 11) is 4.48. The maximum atomic E-state index is 2.71. The first-order valence-corrected chi connectivity index (χ1v) is 10.7. The highest BCUT2D eigenvalue weighted by Gasteiger charge is 2.28. The number of para-hydroxylation sites is 1. The van der Waals surface area contributed by atoms with Crippen LogP contribution in [0, 0.1) is 6.92 Å². The third-order valence-electron chi connectivity index (χ3n) is 6.22. The molecule has 2 aromatic rings. The molecule has 2 nitrogen and oxygen atoms in total. The van der Waals surface area contributed by atoms with Gasteiger partial charge < -0.3 is 9.80 Å². The second-order valence-corrected chi connectivity index (χ2v) is 8.36. The van der Waals surface area contributed by atoms with Crippen LogP contribution in [0.15, 0.2) is 48.5 Å². The molecule has 27 heavy (non-hydrogen) atoms. The summed E-state index contributed by atoms with van der Waals surface area (Å²) in [6.45, 7) is 5.68. The number of fused-ring (bicyclic) bond motifs is 1. The number of hydrogen-bond donors (Lipinski definition) is 0.